The summed E-state index contributed by atoms with van der Waals surface area (Å²) in [6.07, 6.45) is 3.23. The molecule has 140 valence electrons. The molecule has 1 amide bonds. The average molecular weight is 389 g/mol. The average Bonchev–Trinajstić information content (AvgIpc) is 2.59. The van der Waals surface area contributed by atoms with Crippen molar-refractivity contribution >= 4 is 27.5 Å². The molecule has 0 atom stereocenters. The van der Waals surface area contributed by atoms with Crippen LogP contribution in [0.25, 0.3) is 0 Å². The van der Waals surface area contributed by atoms with Gasteiger partial charge in [-0.05, 0) is 37.0 Å². The first kappa shape index (κ1) is 20.2. The maximum Gasteiger partial charge on any atom is 0.223 e. The van der Waals surface area contributed by atoms with Crippen molar-refractivity contribution in [3.63, 3.8) is 0 Å². The lowest BCUT2D eigenvalue weighted by atomic mass is 9.99. The molecule has 8 heteroatoms. The fourth-order valence-electron chi connectivity index (χ4n) is 2.76. The molecule has 1 N–H and O–H groups in total. The van der Waals surface area contributed by atoms with Gasteiger partial charge in [-0.15, -0.1) is 0 Å². The van der Waals surface area contributed by atoms with Gasteiger partial charge >= 0.3 is 0 Å². The minimum Gasteiger partial charge on any atom is -0.381 e. The zero-order valence-corrected chi connectivity index (χ0v) is 16.0. The number of hydrogen-bond donors (Lipinski definition) is 1. The van der Waals surface area contributed by atoms with Crippen LogP contribution >= 0.6 is 11.6 Å². The summed E-state index contributed by atoms with van der Waals surface area (Å²) in [4.78, 5) is 12.1. The number of benzene rings is 1. The van der Waals surface area contributed by atoms with E-state index in [-0.39, 0.29) is 18.4 Å². The van der Waals surface area contributed by atoms with Crippen molar-refractivity contribution in [2.75, 3.05) is 39.1 Å². The van der Waals surface area contributed by atoms with Crippen LogP contribution in [0.15, 0.2) is 24.3 Å². The van der Waals surface area contributed by atoms with Crippen molar-refractivity contribution in [2.24, 2.45) is 5.92 Å². The normalized spacial score (nSPS) is 16.1. The van der Waals surface area contributed by atoms with Gasteiger partial charge in [0.25, 0.3) is 0 Å². The van der Waals surface area contributed by atoms with E-state index < -0.39 is 10.0 Å². The molecule has 1 saturated heterocycles. The molecule has 1 aliphatic rings. The molecular weight excluding hydrogens is 364 g/mol. The summed E-state index contributed by atoms with van der Waals surface area (Å²) in [7, 11) is -3.33. The number of nitrogens with one attached hydrogen (secondary N) is 1. The molecule has 1 fully saturated rings. The Bertz CT molecular complexity index is 658. The molecule has 0 saturated carbocycles. The van der Waals surface area contributed by atoms with Gasteiger partial charge < -0.3 is 10.1 Å². The highest BCUT2D eigenvalue weighted by molar-refractivity contribution is 7.88. The van der Waals surface area contributed by atoms with E-state index in [1.807, 2.05) is 12.1 Å². The standard InChI is InChI=1S/C17H25ClN2O4S/c1-25(22,23)20(10-6-14-2-4-16(18)5-3-14)11-9-19-17(21)15-7-12-24-13-8-15/h2-5,15H,6-13H2,1H3,(H,19,21). The SMILES string of the molecule is CS(=O)(=O)N(CCNC(=O)C1CCOCC1)CCc1ccc(Cl)cc1. The maximum atomic E-state index is 12.1. The lowest BCUT2D eigenvalue weighted by molar-refractivity contribution is -0.127. The molecule has 2 rings (SSSR count). The molecule has 25 heavy (non-hydrogen) atoms. The van der Waals surface area contributed by atoms with Gasteiger partial charge in [-0.1, -0.05) is 23.7 Å². The van der Waals surface area contributed by atoms with Crippen molar-refractivity contribution in [1.29, 1.82) is 0 Å². The van der Waals surface area contributed by atoms with Crippen LogP contribution < -0.4 is 5.32 Å². The molecule has 1 heterocycles. The van der Waals surface area contributed by atoms with Crippen molar-refractivity contribution < 1.29 is 17.9 Å². The second-order valence-electron chi connectivity index (χ2n) is 6.22. The van der Waals surface area contributed by atoms with E-state index in [1.165, 1.54) is 10.6 Å². The monoisotopic (exact) mass is 388 g/mol. The molecule has 6 nitrogen and oxygen atoms in total. The Kier molecular flexibility index (Phi) is 7.68. The zero-order chi connectivity index (χ0) is 18.3. The quantitative estimate of drug-likeness (QED) is 0.735. The van der Waals surface area contributed by atoms with Crippen molar-refractivity contribution in [3.05, 3.63) is 34.9 Å². The smallest absolute Gasteiger partial charge is 0.223 e. The molecule has 0 bridgehead atoms. The molecular formula is C17H25ClN2O4S. The van der Waals surface area contributed by atoms with Crippen molar-refractivity contribution in [1.82, 2.24) is 9.62 Å². The summed E-state index contributed by atoms with van der Waals surface area (Å²) in [5.41, 5.74) is 1.02. The van der Waals surface area contributed by atoms with E-state index in [1.54, 1.807) is 12.1 Å². The number of carbonyl (C=O) groups excluding carboxylic acids is 1. The van der Waals surface area contributed by atoms with Gasteiger partial charge in [0, 0.05) is 43.8 Å². The van der Waals surface area contributed by atoms with Crippen LogP contribution in [0.1, 0.15) is 18.4 Å². The van der Waals surface area contributed by atoms with E-state index in [4.69, 9.17) is 16.3 Å². The first-order valence-electron chi connectivity index (χ1n) is 8.41. The highest BCUT2D eigenvalue weighted by Crippen LogP contribution is 2.14. The molecule has 1 aromatic carbocycles. The summed E-state index contributed by atoms with van der Waals surface area (Å²) in [5.74, 6) is -0.0519. The topological polar surface area (TPSA) is 75.7 Å². The predicted octanol–water partition coefficient (Wildman–Crippen LogP) is 1.69. The predicted molar refractivity (Wildman–Crippen MR) is 98.1 cm³/mol. The van der Waals surface area contributed by atoms with Crippen molar-refractivity contribution in [2.45, 2.75) is 19.3 Å². The minimum absolute atomic E-state index is 0.0190. The summed E-state index contributed by atoms with van der Waals surface area (Å²) in [6, 6.07) is 7.34. The Labute approximate surface area is 154 Å². The number of carbonyl (C=O) groups is 1. The third kappa shape index (κ3) is 6.93. The largest absolute Gasteiger partial charge is 0.381 e. The van der Waals surface area contributed by atoms with Crippen LogP contribution in [0.4, 0.5) is 0 Å². The maximum absolute atomic E-state index is 12.1. The molecule has 0 spiro atoms. The van der Waals surface area contributed by atoms with Gasteiger partial charge in [-0.2, -0.15) is 0 Å². The van der Waals surface area contributed by atoms with Gasteiger partial charge in [-0.25, -0.2) is 12.7 Å². The Hall–Kier alpha value is -1.15. The van der Waals surface area contributed by atoms with Gasteiger partial charge in [0.1, 0.15) is 0 Å². The molecule has 1 aromatic rings. The molecule has 0 radical (unpaired) electrons. The van der Waals surface area contributed by atoms with E-state index in [0.29, 0.717) is 37.7 Å². The number of sulfonamides is 1. The van der Waals surface area contributed by atoms with Gasteiger partial charge in [0.05, 0.1) is 6.26 Å². The number of hydrogen-bond acceptors (Lipinski definition) is 4. The number of halogens is 1. The minimum atomic E-state index is -3.33. The van der Waals surface area contributed by atoms with Crippen LogP contribution in [0, 0.1) is 5.92 Å². The number of amides is 1. The molecule has 1 aliphatic heterocycles. The highest BCUT2D eigenvalue weighted by Gasteiger charge is 2.22. The van der Waals surface area contributed by atoms with E-state index >= 15 is 0 Å². The summed E-state index contributed by atoms with van der Waals surface area (Å²) >= 11 is 5.85. The van der Waals surface area contributed by atoms with E-state index in [9.17, 15) is 13.2 Å². The number of ether oxygens (including phenoxy) is 1. The van der Waals surface area contributed by atoms with Crippen molar-refractivity contribution in [3.8, 4) is 0 Å². The first-order chi connectivity index (χ1) is 11.9. The summed E-state index contributed by atoms with van der Waals surface area (Å²) in [5, 5.41) is 3.49. The third-order valence-corrected chi connectivity index (χ3v) is 5.84. The van der Waals surface area contributed by atoms with Gasteiger partial charge in [0.15, 0.2) is 0 Å². The fourth-order valence-corrected chi connectivity index (χ4v) is 3.73. The molecule has 0 aromatic heterocycles. The van der Waals surface area contributed by atoms with Gasteiger partial charge in [0.2, 0.25) is 15.9 Å². The van der Waals surface area contributed by atoms with E-state index in [2.05, 4.69) is 5.32 Å². The second-order valence-corrected chi connectivity index (χ2v) is 8.64. The lowest BCUT2D eigenvalue weighted by Gasteiger charge is -2.23. The van der Waals surface area contributed by atoms with Crippen LogP contribution in [-0.2, 0) is 26.0 Å². The van der Waals surface area contributed by atoms with Crippen LogP contribution in [0.2, 0.25) is 5.02 Å². The molecule has 0 aliphatic carbocycles. The summed E-state index contributed by atoms with van der Waals surface area (Å²) in [6.45, 7) is 2.15. The number of nitrogens with zero attached hydrogens (tertiary/aromatic N) is 1. The first-order valence-corrected chi connectivity index (χ1v) is 10.6. The Balaban J connectivity index is 1.81. The second kappa shape index (κ2) is 9.52. The highest BCUT2D eigenvalue weighted by atomic mass is 35.5. The number of rotatable bonds is 8. The third-order valence-electron chi connectivity index (χ3n) is 4.28. The molecule has 0 unspecified atom stereocenters. The zero-order valence-electron chi connectivity index (χ0n) is 14.4. The Morgan fingerprint density at radius 2 is 1.88 bits per heavy atom. The van der Waals surface area contributed by atoms with Crippen LogP contribution in [-0.4, -0.2) is 57.7 Å². The fraction of sp³-hybridized carbons (Fsp3) is 0.588. The van der Waals surface area contributed by atoms with Crippen LogP contribution in [0.5, 0.6) is 0 Å². The summed E-state index contributed by atoms with van der Waals surface area (Å²) < 4.78 is 30.6. The van der Waals surface area contributed by atoms with Gasteiger partial charge in [-0.3, -0.25) is 4.79 Å². The van der Waals surface area contributed by atoms with E-state index in [0.717, 1.165) is 18.4 Å². The Morgan fingerprint density at radius 1 is 1.24 bits per heavy atom. The Morgan fingerprint density at radius 3 is 2.48 bits per heavy atom. The van der Waals surface area contributed by atoms with Crippen LogP contribution in [0.3, 0.4) is 0 Å². The lowest BCUT2D eigenvalue weighted by Crippen LogP contribution is -2.41.